The third-order valence-electron chi connectivity index (χ3n) is 4.16. The van der Waals surface area contributed by atoms with Crippen LogP contribution in [-0.4, -0.2) is 56.1 Å². The minimum atomic E-state index is -0.444. The van der Waals surface area contributed by atoms with Crippen LogP contribution in [0.1, 0.15) is 10.4 Å². The lowest BCUT2D eigenvalue weighted by Gasteiger charge is -2.44. The van der Waals surface area contributed by atoms with E-state index >= 15 is 0 Å². The maximum atomic E-state index is 11.1. The van der Waals surface area contributed by atoms with Gasteiger partial charge in [0.05, 0.1) is 10.7 Å². The Balaban J connectivity index is 1.66. The molecule has 2 saturated heterocycles. The number of carbonyl (C=O) groups is 1. The highest BCUT2D eigenvalue weighted by Crippen LogP contribution is 2.28. The smallest absolute Gasteiger partial charge is 0.248 e. The van der Waals surface area contributed by atoms with Crippen molar-refractivity contribution in [2.45, 2.75) is 6.04 Å². The molecule has 3 rings (SSSR count). The van der Waals surface area contributed by atoms with Gasteiger partial charge in [0, 0.05) is 50.9 Å². The zero-order valence-electron chi connectivity index (χ0n) is 11.3. The van der Waals surface area contributed by atoms with Crippen LogP contribution in [0.15, 0.2) is 18.2 Å². The second-order valence-electron chi connectivity index (χ2n) is 5.37. The van der Waals surface area contributed by atoms with Crippen molar-refractivity contribution in [1.82, 2.24) is 10.2 Å². The number of nitrogens with zero attached hydrogens (tertiary/aromatic N) is 2. The van der Waals surface area contributed by atoms with Crippen LogP contribution in [0.4, 0.5) is 5.69 Å². The number of rotatable bonds is 3. The summed E-state index contributed by atoms with van der Waals surface area (Å²) in [5.41, 5.74) is 6.71. The average Bonchev–Trinajstić information content (AvgIpc) is 2.37. The minimum absolute atomic E-state index is 0.444. The SMILES string of the molecule is NC(=O)c1ccc(N2CCN(C3CNC3)CC2)c(Cl)c1. The van der Waals surface area contributed by atoms with Gasteiger partial charge in [0.1, 0.15) is 0 Å². The van der Waals surface area contributed by atoms with Crippen LogP contribution in [0.5, 0.6) is 0 Å². The van der Waals surface area contributed by atoms with Crippen LogP contribution in [-0.2, 0) is 0 Å². The first-order chi connectivity index (χ1) is 9.65. The molecule has 0 aliphatic carbocycles. The lowest BCUT2D eigenvalue weighted by atomic mass is 10.1. The number of primary amides is 1. The number of halogens is 1. The van der Waals surface area contributed by atoms with Crippen molar-refractivity contribution >= 4 is 23.2 Å². The second kappa shape index (κ2) is 5.60. The summed E-state index contributed by atoms with van der Waals surface area (Å²) >= 11 is 6.27. The fourth-order valence-electron chi connectivity index (χ4n) is 2.78. The molecule has 0 unspecified atom stereocenters. The molecule has 0 saturated carbocycles. The normalized spacial score (nSPS) is 20.8. The van der Waals surface area contributed by atoms with Crippen molar-refractivity contribution in [2.24, 2.45) is 5.73 Å². The van der Waals surface area contributed by atoms with Gasteiger partial charge in [0.2, 0.25) is 5.91 Å². The first kappa shape index (κ1) is 13.7. The standard InChI is InChI=1S/C14H19ClN4O/c15-12-7-10(14(16)20)1-2-13(12)19-5-3-18(4-6-19)11-8-17-9-11/h1-2,7,11,17H,3-6,8-9H2,(H2,16,20). The average molecular weight is 295 g/mol. The number of nitrogens with one attached hydrogen (secondary N) is 1. The minimum Gasteiger partial charge on any atom is -0.368 e. The molecule has 3 N–H and O–H groups in total. The van der Waals surface area contributed by atoms with E-state index in [0.29, 0.717) is 16.6 Å². The first-order valence-corrected chi connectivity index (χ1v) is 7.32. The fraction of sp³-hybridized carbons (Fsp3) is 0.500. The zero-order chi connectivity index (χ0) is 14.1. The highest BCUT2D eigenvalue weighted by Gasteiger charge is 2.28. The van der Waals surface area contributed by atoms with E-state index in [9.17, 15) is 4.79 Å². The van der Waals surface area contributed by atoms with Crippen molar-refractivity contribution in [3.8, 4) is 0 Å². The predicted octanol–water partition coefficient (Wildman–Crippen LogP) is 0.533. The summed E-state index contributed by atoms with van der Waals surface area (Å²) in [5.74, 6) is -0.444. The van der Waals surface area contributed by atoms with E-state index in [0.717, 1.165) is 45.0 Å². The Morgan fingerprint density at radius 3 is 2.45 bits per heavy atom. The summed E-state index contributed by atoms with van der Waals surface area (Å²) in [6, 6.07) is 5.99. The van der Waals surface area contributed by atoms with Crippen LogP contribution >= 0.6 is 11.6 Å². The second-order valence-corrected chi connectivity index (χ2v) is 5.77. The third kappa shape index (κ3) is 2.61. The van der Waals surface area contributed by atoms with Crippen molar-refractivity contribution in [1.29, 1.82) is 0 Å². The molecule has 1 amide bonds. The van der Waals surface area contributed by atoms with Gasteiger partial charge in [-0.25, -0.2) is 0 Å². The highest BCUT2D eigenvalue weighted by molar-refractivity contribution is 6.33. The topological polar surface area (TPSA) is 61.6 Å². The Hall–Kier alpha value is -1.30. The number of hydrogen-bond acceptors (Lipinski definition) is 4. The van der Waals surface area contributed by atoms with E-state index in [1.807, 2.05) is 6.07 Å². The fourth-order valence-corrected chi connectivity index (χ4v) is 3.08. The summed E-state index contributed by atoms with van der Waals surface area (Å²) in [4.78, 5) is 15.9. The van der Waals surface area contributed by atoms with Gasteiger partial charge in [-0.05, 0) is 18.2 Å². The first-order valence-electron chi connectivity index (χ1n) is 6.94. The number of carbonyl (C=O) groups excluding carboxylic acids is 1. The van der Waals surface area contributed by atoms with E-state index in [2.05, 4.69) is 15.1 Å². The molecule has 1 aromatic carbocycles. The number of piperazine rings is 1. The van der Waals surface area contributed by atoms with E-state index in [1.165, 1.54) is 0 Å². The molecule has 2 heterocycles. The lowest BCUT2D eigenvalue weighted by Crippen LogP contribution is -2.61. The van der Waals surface area contributed by atoms with Crippen molar-refractivity contribution in [3.63, 3.8) is 0 Å². The molecule has 2 aliphatic rings. The maximum absolute atomic E-state index is 11.1. The number of amides is 1. The van der Waals surface area contributed by atoms with E-state index < -0.39 is 5.91 Å². The van der Waals surface area contributed by atoms with Crippen molar-refractivity contribution in [3.05, 3.63) is 28.8 Å². The molecule has 6 heteroatoms. The number of anilines is 1. The molecule has 2 aliphatic heterocycles. The van der Waals surface area contributed by atoms with Crippen molar-refractivity contribution in [2.75, 3.05) is 44.2 Å². The zero-order valence-corrected chi connectivity index (χ0v) is 12.1. The van der Waals surface area contributed by atoms with E-state index in [-0.39, 0.29) is 0 Å². The number of nitrogens with two attached hydrogens (primary N) is 1. The summed E-state index contributed by atoms with van der Waals surface area (Å²) in [6.45, 7) is 6.25. The molecule has 0 atom stereocenters. The molecule has 0 radical (unpaired) electrons. The van der Waals surface area contributed by atoms with Gasteiger partial charge in [0.25, 0.3) is 0 Å². The molecular weight excluding hydrogens is 276 g/mol. The molecule has 5 nitrogen and oxygen atoms in total. The van der Waals surface area contributed by atoms with E-state index in [4.69, 9.17) is 17.3 Å². The van der Waals surface area contributed by atoms with E-state index in [1.54, 1.807) is 12.1 Å². The summed E-state index contributed by atoms with van der Waals surface area (Å²) in [6.07, 6.45) is 0. The van der Waals surface area contributed by atoms with Gasteiger partial charge in [0.15, 0.2) is 0 Å². The van der Waals surface area contributed by atoms with Crippen LogP contribution in [0, 0.1) is 0 Å². The monoisotopic (exact) mass is 294 g/mol. The highest BCUT2D eigenvalue weighted by atomic mass is 35.5. The molecule has 20 heavy (non-hydrogen) atoms. The van der Waals surface area contributed by atoms with Gasteiger partial charge in [-0.1, -0.05) is 11.6 Å². The van der Waals surface area contributed by atoms with Crippen molar-refractivity contribution < 1.29 is 4.79 Å². The molecule has 108 valence electrons. The molecule has 1 aromatic rings. The molecule has 0 bridgehead atoms. The van der Waals surface area contributed by atoms with Crippen LogP contribution < -0.4 is 16.0 Å². The van der Waals surface area contributed by atoms with Crippen LogP contribution in [0.25, 0.3) is 0 Å². The third-order valence-corrected chi connectivity index (χ3v) is 4.47. The molecule has 2 fully saturated rings. The lowest BCUT2D eigenvalue weighted by molar-refractivity contribution is 0.100. The summed E-state index contributed by atoms with van der Waals surface area (Å²) in [7, 11) is 0. The largest absolute Gasteiger partial charge is 0.368 e. The Kier molecular flexibility index (Phi) is 3.83. The Labute approximate surface area is 123 Å². The summed E-state index contributed by atoms with van der Waals surface area (Å²) in [5, 5.41) is 3.90. The van der Waals surface area contributed by atoms with Crippen LogP contribution in [0.3, 0.4) is 0 Å². The Morgan fingerprint density at radius 1 is 1.25 bits per heavy atom. The van der Waals surface area contributed by atoms with Gasteiger partial charge >= 0.3 is 0 Å². The maximum Gasteiger partial charge on any atom is 0.248 e. The predicted molar refractivity (Wildman–Crippen MR) is 80.4 cm³/mol. The van der Waals surface area contributed by atoms with Gasteiger partial charge < -0.3 is 16.0 Å². The summed E-state index contributed by atoms with van der Waals surface area (Å²) < 4.78 is 0. The number of hydrogen-bond donors (Lipinski definition) is 2. The molecule has 0 aromatic heterocycles. The van der Waals surface area contributed by atoms with Gasteiger partial charge in [-0.15, -0.1) is 0 Å². The van der Waals surface area contributed by atoms with Gasteiger partial charge in [-0.2, -0.15) is 0 Å². The quantitative estimate of drug-likeness (QED) is 0.854. The van der Waals surface area contributed by atoms with Crippen LogP contribution in [0.2, 0.25) is 5.02 Å². The Bertz CT molecular complexity index is 510. The number of benzene rings is 1. The molecular formula is C14H19ClN4O. The Morgan fingerprint density at radius 2 is 1.95 bits per heavy atom. The van der Waals surface area contributed by atoms with Gasteiger partial charge in [-0.3, -0.25) is 9.69 Å². The molecule has 0 spiro atoms.